The van der Waals surface area contributed by atoms with E-state index in [1.165, 1.54) is 25.7 Å². The summed E-state index contributed by atoms with van der Waals surface area (Å²) in [6.45, 7) is 4.41. The zero-order valence-electron chi connectivity index (χ0n) is 13.4. The fourth-order valence-corrected chi connectivity index (χ4v) is 4.22. The number of piperidine rings is 1. The van der Waals surface area contributed by atoms with Gasteiger partial charge in [0.1, 0.15) is 0 Å². The van der Waals surface area contributed by atoms with Crippen molar-refractivity contribution in [3.63, 3.8) is 0 Å². The first-order chi connectivity index (χ1) is 10.1. The van der Waals surface area contributed by atoms with Gasteiger partial charge in [-0.05, 0) is 44.7 Å². The fraction of sp³-hybridized carbons (Fsp3) is 0.941. The minimum Gasteiger partial charge on any atom is -0.481 e. The van der Waals surface area contributed by atoms with Crippen LogP contribution >= 0.6 is 0 Å². The number of carbonyl (C=O) groups is 1. The predicted octanol–water partition coefficient (Wildman–Crippen LogP) is 2.89. The minimum atomic E-state index is -0.629. The van der Waals surface area contributed by atoms with E-state index in [1.54, 1.807) is 0 Å². The molecular weight excluding hydrogens is 266 g/mol. The third kappa shape index (κ3) is 4.43. The molecule has 21 heavy (non-hydrogen) atoms. The lowest BCUT2D eigenvalue weighted by Gasteiger charge is -2.39. The van der Waals surface area contributed by atoms with Gasteiger partial charge in [-0.25, -0.2) is 0 Å². The monoisotopic (exact) mass is 297 g/mol. The summed E-state index contributed by atoms with van der Waals surface area (Å²) in [6, 6.07) is 0. The quantitative estimate of drug-likeness (QED) is 0.758. The molecule has 0 amide bonds. The number of hydrogen-bond donors (Lipinski definition) is 2. The van der Waals surface area contributed by atoms with E-state index in [1.807, 2.05) is 0 Å². The summed E-state index contributed by atoms with van der Waals surface area (Å²) < 4.78 is 0. The summed E-state index contributed by atoms with van der Waals surface area (Å²) in [4.78, 5) is 13.8. The second kappa shape index (κ2) is 7.59. The highest BCUT2D eigenvalue weighted by Gasteiger charge is 2.40. The molecule has 2 rings (SSSR count). The van der Waals surface area contributed by atoms with E-state index in [0.29, 0.717) is 5.92 Å². The van der Waals surface area contributed by atoms with Crippen LogP contribution in [0.3, 0.4) is 0 Å². The van der Waals surface area contributed by atoms with Gasteiger partial charge in [0.25, 0.3) is 0 Å². The maximum atomic E-state index is 11.6. The lowest BCUT2D eigenvalue weighted by molar-refractivity contribution is -0.152. The van der Waals surface area contributed by atoms with Gasteiger partial charge in [-0.1, -0.05) is 39.0 Å². The van der Waals surface area contributed by atoms with E-state index in [0.717, 1.165) is 51.7 Å². The predicted molar refractivity (Wildman–Crippen MR) is 83.2 cm³/mol. The normalized spacial score (nSPS) is 25.0. The van der Waals surface area contributed by atoms with Crippen molar-refractivity contribution in [3.05, 3.63) is 0 Å². The van der Waals surface area contributed by atoms with E-state index in [-0.39, 0.29) is 6.10 Å². The lowest BCUT2D eigenvalue weighted by Crippen LogP contribution is -2.46. The molecule has 1 aliphatic heterocycles. The molecule has 1 unspecified atom stereocenters. The Kier molecular flexibility index (Phi) is 6.06. The van der Waals surface area contributed by atoms with Crippen LogP contribution < -0.4 is 0 Å². The van der Waals surface area contributed by atoms with E-state index in [2.05, 4.69) is 11.8 Å². The highest BCUT2D eigenvalue weighted by molar-refractivity contribution is 5.74. The number of carboxylic acids is 1. The zero-order valence-corrected chi connectivity index (χ0v) is 13.4. The molecule has 1 aliphatic carbocycles. The van der Waals surface area contributed by atoms with Crippen molar-refractivity contribution < 1.29 is 15.0 Å². The Bertz CT molecular complexity index is 331. The number of nitrogens with zero attached hydrogens (tertiary/aromatic N) is 1. The number of rotatable bonds is 7. The van der Waals surface area contributed by atoms with Gasteiger partial charge < -0.3 is 15.1 Å². The Balaban J connectivity index is 1.76. The smallest absolute Gasteiger partial charge is 0.309 e. The number of likely N-dealkylation sites (tertiary alicyclic amines) is 1. The van der Waals surface area contributed by atoms with Crippen LogP contribution in [0.25, 0.3) is 0 Å². The average Bonchev–Trinajstić information content (AvgIpc) is 2.94. The third-order valence-corrected chi connectivity index (χ3v) is 5.54. The Labute approximate surface area is 128 Å². The van der Waals surface area contributed by atoms with Gasteiger partial charge in [-0.2, -0.15) is 0 Å². The molecule has 0 bridgehead atoms. The van der Waals surface area contributed by atoms with E-state index in [4.69, 9.17) is 0 Å². The molecule has 1 heterocycles. The largest absolute Gasteiger partial charge is 0.481 e. The molecule has 2 N–H and O–H groups in total. The first-order valence-corrected chi connectivity index (χ1v) is 8.69. The van der Waals surface area contributed by atoms with Gasteiger partial charge in [0.2, 0.25) is 0 Å². The van der Waals surface area contributed by atoms with Crippen LogP contribution in [0.1, 0.15) is 64.7 Å². The van der Waals surface area contributed by atoms with Crippen LogP contribution in [0, 0.1) is 11.3 Å². The molecule has 1 saturated carbocycles. The number of aliphatic carboxylic acids is 1. The topological polar surface area (TPSA) is 60.8 Å². The van der Waals surface area contributed by atoms with E-state index >= 15 is 0 Å². The average molecular weight is 297 g/mol. The zero-order chi connectivity index (χ0) is 15.3. The van der Waals surface area contributed by atoms with Crippen LogP contribution in [0.15, 0.2) is 0 Å². The SMILES string of the molecule is CCCC1(C(=O)O)CCN(CC(O)CC2CCCC2)CC1. The summed E-state index contributed by atoms with van der Waals surface area (Å²) in [5.41, 5.74) is -0.512. The lowest BCUT2D eigenvalue weighted by atomic mass is 9.75. The maximum absolute atomic E-state index is 11.6. The van der Waals surface area contributed by atoms with Crippen LogP contribution in [0.5, 0.6) is 0 Å². The minimum absolute atomic E-state index is 0.239. The second-order valence-corrected chi connectivity index (χ2v) is 7.18. The third-order valence-electron chi connectivity index (χ3n) is 5.54. The van der Waals surface area contributed by atoms with Gasteiger partial charge in [0.05, 0.1) is 11.5 Å². The molecule has 1 atom stereocenters. The molecule has 2 fully saturated rings. The molecular formula is C17H31NO3. The first-order valence-electron chi connectivity index (χ1n) is 8.69. The number of carboxylic acid groups (broad SMARTS) is 1. The second-order valence-electron chi connectivity index (χ2n) is 7.18. The van der Waals surface area contributed by atoms with E-state index in [9.17, 15) is 15.0 Å². The molecule has 4 nitrogen and oxygen atoms in total. The van der Waals surface area contributed by atoms with E-state index < -0.39 is 11.4 Å². The summed E-state index contributed by atoms with van der Waals surface area (Å²) in [7, 11) is 0. The van der Waals surface area contributed by atoms with Crippen LogP contribution in [0.4, 0.5) is 0 Å². The molecule has 0 aromatic carbocycles. The van der Waals surface area contributed by atoms with Crippen molar-refractivity contribution in [2.75, 3.05) is 19.6 Å². The molecule has 4 heteroatoms. The number of hydrogen-bond acceptors (Lipinski definition) is 3. The van der Waals surface area contributed by atoms with Crippen LogP contribution in [0.2, 0.25) is 0 Å². The van der Waals surface area contributed by atoms with Crippen molar-refractivity contribution in [2.24, 2.45) is 11.3 Å². The summed E-state index contributed by atoms with van der Waals surface area (Å²) in [5.74, 6) is 0.0819. The molecule has 1 saturated heterocycles. The Morgan fingerprint density at radius 1 is 1.29 bits per heavy atom. The Morgan fingerprint density at radius 2 is 1.90 bits per heavy atom. The summed E-state index contributed by atoms with van der Waals surface area (Å²) >= 11 is 0. The standard InChI is InChI=1S/C17H31NO3/c1-2-7-17(16(20)21)8-10-18(11-9-17)13-15(19)12-14-5-3-4-6-14/h14-15,19H,2-13H2,1H3,(H,20,21). The van der Waals surface area contributed by atoms with Gasteiger partial charge >= 0.3 is 5.97 Å². The van der Waals surface area contributed by atoms with Crippen molar-refractivity contribution in [1.82, 2.24) is 4.90 Å². The highest BCUT2D eigenvalue weighted by Crippen LogP contribution is 2.36. The Hall–Kier alpha value is -0.610. The summed E-state index contributed by atoms with van der Waals surface area (Å²) in [5, 5.41) is 19.8. The number of aliphatic hydroxyl groups is 1. The van der Waals surface area contributed by atoms with Crippen molar-refractivity contribution in [1.29, 1.82) is 0 Å². The maximum Gasteiger partial charge on any atom is 0.309 e. The first kappa shape index (κ1) is 16.8. The van der Waals surface area contributed by atoms with Crippen LogP contribution in [-0.2, 0) is 4.79 Å². The molecule has 0 aromatic rings. The van der Waals surface area contributed by atoms with Gasteiger partial charge in [0, 0.05) is 6.54 Å². The molecule has 0 aromatic heterocycles. The number of β-amino-alcohol motifs (C(OH)–C–C–N with tert-alkyl or cyclic N) is 1. The number of aliphatic hydroxyl groups excluding tert-OH is 1. The molecule has 2 aliphatic rings. The molecule has 122 valence electrons. The highest BCUT2D eigenvalue weighted by atomic mass is 16.4. The van der Waals surface area contributed by atoms with Crippen molar-refractivity contribution in [3.8, 4) is 0 Å². The Morgan fingerprint density at radius 3 is 2.43 bits per heavy atom. The van der Waals surface area contributed by atoms with Crippen molar-refractivity contribution in [2.45, 2.75) is 70.8 Å². The molecule has 0 radical (unpaired) electrons. The van der Waals surface area contributed by atoms with Crippen LogP contribution in [-0.4, -0.2) is 46.8 Å². The van der Waals surface area contributed by atoms with Crippen molar-refractivity contribution >= 4 is 5.97 Å². The molecule has 0 spiro atoms. The van der Waals surface area contributed by atoms with Gasteiger partial charge in [0.15, 0.2) is 0 Å². The van der Waals surface area contributed by atoms with Gasteiger partial charge in [-0.3, -0.25) is 4.79 Å². The summed E-state index contributed by atoms with van der Waals surface area (Å²) in [6.07, 6.45) is 9.03. The van der Waals surface area contributed by atoms with Gasteiger partial charge in [-0.15, -0.1) is 0 Å². The fourth-order valence-electron chi connectivity index (χ4n) is 4.22.